The van der Waals surface area contributed by atoms with E-state index in [-0.39, 0.29) is 28.6 Å². The molecule has 1 aliphatic rings. The monoisotopic (exact) mass is 789 g/mol. The number of nitrogens with zero attached hydrogens (tertiary/aromatic N) is 3. The highest BCUT2D eigenvalue weighted by Gasteiger charge is 2.37. The summed E-state index contributed by atoms with van der Waals surface area (Å²) in [6, 6.07) is 15.9. The van der Waals surface area contributed by atoms with Gasteiger partial charge in [0.05, 0.1) is 29.1 Å². The first-order valence-corrected chi connectivity index (χ1v) is 20.1. The first kappa shape index (κ1) is 41.7. The largest absolute Gasteiger partial charge is 0.490 e. The summed E-state index contributed by atoms with van der Waals surface area (Å²) in [5, 5.41) is 15.0. The lowest BCUT2D eigenvalue weighted by molar-refractivity contribution is -0.122. The SMILES string of the molecule is CCOc1cc(C(Nc2ccc3c(N(C(=O)OC(C)(C)C)C(=O)OC(C)(C)C)nncc3c2)C(=O)NCc2cccc(S(=O)(=O)C3CC3)c2)ccc1OC(C)C. The van der Waals surface area contributed by atoms with Gasteiger partial charge in [-0.3, -0.25) is 4.79 Å². The van der Waals surface area contributed by atoms with Crippen molar-refractivity contribution in [2.75, 3.05) is 16.8 Å². The van der Waals surface area contributed by atoms with Gasteiger partial charge in [0, 0.05) is 23.0 Å². The fourth-order valence-corrected chi connectivity index (χ4v) is 7.40. The van der Waals surface area contributed by atoms with Gasteiger partial charge in [0.2, 0.25) is 5.91 Å². The van der Waals surface area contributed by atoms with Gasteiger partial charge in [0.25, 0.3) is 0 Å². The molecule has 4 aromatic rings. The van der Waals surface area contributed by atoms with Crippen molar-refractivity contribution in [1.82, 2.24) is 15.5 Å². The van der Waals surface area contributed by atoms with Crippen molar-refractivity contribution in [2.24, 2.45) is 0 Å². The summed E-state index contributed by atoms with van der Waals surface area (Å²) in [5.74, 6) is 0.476. The summed E-state index contributed by atoms with van der Waals surface area (Å²) in [5.41, 5.74) is -0.177. The van der Waals surface area contributed by atoms with Gasteiger partial charge >= 0.3 is 12.2 Å². The molecular formula is C41H51N5O9S. The Morgan fingerprint density at radius 3 is 2.18 bits per heavy atom. The number of sulfone groups is 1. The summed E-state index contributed by atoms with van der Waals surface area (Å²) in [6.07, 6.45) is 0.668. The quantitative estimate of drug-likeness (QED) is 0.134. The normalized spacial score (nSPS) is 13.8. The van der Waals surface area contributed by atoms with Crippen molar-refractivity contribution in [1.29, 1.82) is 0 Å². The predicted molar refractivity (Wildman–Crippen MR) is 213 cm³/mol. The average molecular weight is 790 g/mol. The van der Waals surface area contributed by atoms with Crippen molar-refractivity contribution < 1.29 is 41.7 Å². The van der Waals surface area contributed by atoms with Crippen LogP contribution >= 0.6 is 0 Å². The van der Waals surface area contributed by atoms with Crippen LogP contribution in [0.3, 0.4) is 0 Å². The molecule has 14 nitrogen and oxygen atoms in total. The number of rotatable bonds is 13. The standard InChI is InChI=1S/C41H51N5O9S/c1-10-52-34-22-27(14-19-33(34)53-25(2)3)35(37(47)42-23-26-12-11-13-31(20-26)56(50,51)30-16-17-30)44-29-15-18-32-28(21-29)24-43-45-36(32)46(38(48)54-40(4,5)6)39(49)55-41(7,8)9/h11-15,18-22,24-25,30,35,44H,10,16-17,23H2,1-9H3,(H,42,47). The second kappa shape index (κ2) is 16.7. The van der Waals surface area contributed by atoms with E-state index in [1.807, 2.05) is 20.8 Å². The van der Waals surface area contributed by atoms with Crippen molar-refractivity contribution in [2.45, 2.75) is 115 Å². The smallest absolute Gasteiger partial charge is 0.425 e. The molecule has 15 heteroatoms. The van der Waals surface area contributed by atoms with Crippen LogP contribution in [0.2, 0.25) is 0 Å². The van der Waals surface area contributed by atoms with Crippen LogP contribution in [0.1, 0.15) is 92.3 Å². The fraction of sp³-hybridized carbons (Fsp3) is 0.439. The van der Waals surface area contributed by atoms with E-state index >= 15 is 0 Å². The highest BCUT2D eigenvalue weighted by Crippen LogP contribution is 2.36. The summed E-state index contributed by atoms with van der Waals surface area (Å²) >= 11 is 0. The lowest BCUT2D eigenvalue weighted by atomic mass is 10.0. The van der Waals surface area contributed by atoms with Crippen molar-refractivity contribution in [3.05, 3.63) is 78.0 Å². The lowest BCUT2D eigenvalue weighted by Gasteiger charge is -2.28. The average Bonchev–Trinajstić information content (AvgIpc) is 3.96. The third-order valence-electron chi connectivity index (χ3n) is 8.20. The van der Waals surface area contributed by atoms with E-state index in [0.717, 1.165) is 4.90 Å². The molecule has 300 valence electrons. The number of anilines is 2. The van der Waals surface area contributed by atoms with Crippen LogP contribution in [0.4, 0.5) is 21.1 Å². The fourth-order valence-electron chi connectivity index (χ4n) is 5.68. The summed E-state index contributed by atoms with van der Waals surface area (Å²) in [7, 11) is -3.42. The maximum absolute atomic E-state index is 14.1. The van der Waals surface area contributed by atoms with Crippen LogP contribution in [0.5, 0.6) is 11.5 Å². The predicted octanol–water partition coefficient (Wildman–Crippen LogP) is 7.90. The van der Waals surface area contributed by atoms with Gasteiger partial charge in [-0.25, -0.2) is 18.0 Å². The molecule has 56 heavy (non-hydrogen) atoms. The van der Waals surface area contributed by atoms with Crippen LogP contribution in [0.25, 0.3) is 10.8 Å². The summed E-state index contributed by atoms with van der Waals surface area (Å²) < 4.78 is 48.8. The van der Waals surface area contributed by atoms with Crippen LogP contribution < -0.4 is 25.0 Å². The minimum Gasteiger partial charge on any atom is -0.490 e. The molecule has 1 aromatic heterocycles. The molecule has 0 bridgehead atoms. The molecule has 2 N–H and O–H groups in total. The Kier molecular flexibility index (Phi) is 12.5. The Morgan fingerprint density at radius 1 is 0.893 bits per heavy atom. The minimum atomic E-state index is -3.42. The highest BCUT2D eigenvalue weighted by atomic mass is 32.2. The third-order valence-corrected chi connectivity index (χ3v) is 10.5. The van der Waals surface area contributed by atoms with Crippen LogP contribution in [-0.2, 0) is 30.7 Å². The Bertz CT molecular complexity index is 2160. The van der Waals surface area contributed by atoms with Gasteiger partial charge in [0.1, 0.15) is 17.2 Å². The van der Waals surface area contributed by atoms with E-state index in [1.54, 1.807) is 102 Å². The molecule has 1 fully saturated rings. The second-order valence-electron chi connectivity index (χ2n) is 15.8. The number of hydrogen-bond donors (Lipinski definition) is 2. The van der Waals surface area contributed by atoms with Gasteiger partial charge in [-0.05, 0) is 129 Å². The molecule has 0 spiro atoms. The highest BCUT2D eigenvalue weighted by molar-refractivity contribution is 7.92. The zero-order chi connectivity index (χ0) is 41.0. The second-order valence-corrected chi connectivity index (χ2v) is 18.0. The summed E-state index contributed by atoms with van der Waals surface area (Å²) in [4.78, 5) is 41.9. The maximum Gasteiger partial charge on any atom is 0.425 e. The van der Waals surface area contributed by atoms with Crippen molar-refractivity contribution >= 4 is 50.2 Å². The number of amides is 3. The Morgan fingerprint density at radius 2 is 1.57 bits per heavy atom. The maximum atomic E-state index is 14.1. The Labute approximate surface area is 328 Å². The first-order valence-electron chi connectivity index (χ1n) is 18.6. The summed E-state index contributed by atoms with van der Waals surface area (Å²) in [6.45, 7) is 16.2. The topological polar surface area (TPSA) is 175 Å². The Balaban J connectivity index is 1.50. The van der Waals surface area contributed by atoms with Gasteiger partial charge in [-0.15, -0.1) is 5.10 Å². The van der Waals surface area contributed by atoms with Crippen LogP contribution in [0.15, 0.2) is 71.8 Å². The van der Waals surface area contributed by atoms with Crippen molar-refractivity contribution in [3.63, 3.8) is 0 Å². The number of benzene rings is 3. The van der Waals surface area contributed by atoms with E-state index in [1.165, 1.54) is 6.20 Å². The molecule has 1 atom stereocenters. The third kappa shape index (κ3) is 10.6. The molecule has 1 unspecified atom stereocenters. The molecule has 5 rings (SSSR count). The number of carbonyl (C=O) groups excluding carboxylic acids is 3. The van der Waals surface area contributed by atoms with E-state index in [4.69, 9.17) is 18.9 Å². The number of fused-ring (bicyclic) bond motifs is 1. The number of nitrogens with one attached hydrogen (secondary N) is 2. The van der Waals surface area contributed by atoms with Gasteiger partial charge in [0.15, 0.2) is 27.2 Å². The molecule has 1 aliphatic carbocycles. The molecule has 1 heterocycles. The van der Waals surface area contributed by atoms with Crippen LogP contribution in [0, 0.1) is 0 Å². The van der Waals surface area contributed by atoms with Crippen molar-refractivity contribution in [3.8, 4) is 11.5 Å². The number of aromatic nitrogens is 2. The zero-order valence-corrected chi connectivity index (χ0v) is 34.2. The molecule has 1 saturated carbocycles. The van der Waals surface area contributed by atoms with E-state index in [2.05, 4.69) is 20.8 Å². The first-order chi connectivity index (χ1) is 26.3. The van der Waals surface area contributed by atoms with Crippen LogP contribution in [-0.4, -0.2) is 65.9 Å². The molecule has 3 aromatic carbocycles. The van der Waals surface area contributed by atoms with Gasteiger partial charge < -0.3 is 29.6 Å². The van der Waals surface area contributed by atoms with Gasteiger partial charge in [-0.2, -0.15) is 10.00 Å². The number of ether oxygens (including phenoxy) is 4. The van der Waals surface area contributed by atoms with E-state index in [9.17, 15) is 22.8 Å². The zero-order valence-electron chi connectivity index (χ0n) is 33.3. The number of hydrogen-bond acceptors (Lipinski definition) is 12. The number of carbonyl (C=O) groups is 3. The van der Waals surface area contributed by atoms with E-state index in [0.29, 0.717) is 58.5 Å². The Hall–Kier alpha value is -5.44. The molecule has 0 aliphatic heterocycles. The molecule has 0 saturated heterocycles. The molecule has 3 amide bonds. The lowest BCUT2D eigenvalue weighted by Crippen LogP contribution is -2.44. The molecular weight excluding hydrogens is 739 g/mol. The van der Waals surface area contributed by atoms with E-state index < -0.39 is 45.2 Å². The minimum absolute atomic E-state index is 0.0692. The molecule has 0 radical (unpaired) electrons. The number of imide groups is 1. The van der Waals surface area contributed by atoms with Gasteiger partial charge in [-0.1, -0.05) is 18.2 Å².